The molecule has 5 rings (SSSR count). The number of ether oxygens (including phenoxy) is 1. The minimum atomic E-state index is -0.0894. The Labute approximate surface area is 190 Å². The van der Waals surface area contributed by atoms with Gasteiger partial charge < -0.3 is 15.2 Å². The van der Waals surface area contributed by atoms with Crippen LogP contribution in [0, 0.1) is 5.41 Å². The second-order valence-corrected chi connectivity index (χ2v) is 10.0. The van der Waals surface area contributed by atoms with Gasteiger partial charge in [0, 0.05) is 29.2 Å². The monoisotopic (exact) mass is 477 g/mol. The fourth-order valence-electron chi connectivity index (χ4n) is 5.11. The molecular weight excluding hydrogens is 454 g/mol. The Balaban J connectivity index is 1.81. The van der Waals surface area contributed by atoms with E-state index in [2.05, 4.69) is 59.4 Å². The molecule has 5 heteroatoms. The molecule has 1 aliphatic carbocycles. The summed E-state index contributed by atoms with van der Waals surface area (Å²) in [6.45, 7) is 4.33. The Morgan fingerprint density at radius 3 is 2.71 bits per heavy atom. The normalized spacial score (nSPS) is 19.6. The van der Waals surface area contributed by atoms with Crippen molar-refractivity contribution >= 4 is 43.9 Å². The molecule has 1 atom stereocenters. The van der Waals surface area contributed by atoms with Crippen LogP contribution < -0.4 is 10.1 Å². The second kappa shape index (κ2) is 7.13. The molecule has 1 aliphatic heterocycles. The average Bonchev–Trinajstić information content (AvgIpc) is 2.73. The summed E-state index contributed by atoms with van der Waals surface area (Å²) >= 11 is 3.36. The average molecular weight is 478 g/mol. The van der Waals surface area contributed by atoms with E-state index in [-0.39, 0.29) is 22.9 Å². The number of anilines is 1. The van der Waals surface area contributed by atoms with Gasteiger partial charge in [-0.2, -0.15) is 0 Å². The number of benzene rings is 3. The number of nitrogens with one attached hydrogen (secondary N) is 1. The predicted molar refractivity (Wildman–Crippen MR) is 128 cm³/mol. The highest BCUT2D eigenvalue weighted by Crippen LogP contribution is 2.54. The van der Waals surface area contributed by atoms with Crippen molar-refractivity contribution in [3.63, 3.8) is 0 Å². The molecule has 4 nitrogen and oxygen atoms in total. The van der Waals surface area contributed by atoms with Gasteiger partial charge >= 0.3 is 0 Å². The molecule has 3 aromatic rings. The first kappa shape index (κ1) is 20.1. The fourth-order valence-corrected chi connectivity index (χ4v) is 5.44. The number of ketones is 1. The highest BCUT2D eigenvalue weighted by Gasteiger charge is 2.43. The summed E-state index contributed by atoms with van der Waals surface area (Å²) in [6, 6.07) is 15.9. The van der Waals surface area contributed by atoms with E-state index in [1.165, 1.54) is 16.3 Å². The first-order chi connectivity index (χ1) is 14.8. The van der Waals surface area contributed by atoms with Crippen LogP contribution in [0.15, 0.2) is 58.6 Å². The van der Waals surface area contributed by atoms with Gasteiger partial charge in [0.05, 0.1) is 17.3 Å². The maximum absolute atomic E-state index is 13.5. The molecule has 0 unspecified atom stereocenters. The van der Waals surface area contributed by atoms with Gasteiger partial charge in [0.15, 0.2) is 5.78 Å². The van der Waals surface area contributed by atoms with Gasteiger partial charge in [0.2, 0.25) is 0 Å². The van der Waals surface area contributed by atoms with Crippen molar-refractivity contribution in [1.29, 1.82) is 0 Å². The minimum Gasteiger partial charge on any atom is -0.507 e. The van der Waals surface area contributed by atoms with Crippen LogP contribution in [0.3, 0.4) is 0 Å². The summed E-state index contributed by atoms with van der Waals surface area (Å²) in [7, 11) is 1.60. The van der Waals surface area contributed by atoms with Crippen molar-refractivity contribution in [1.82, 2.24) is 0 Å². The van der Waals surface area contributed by atoms with Crippen molar-refractivity contribution in [2.45, 2.75) is 32.6 Å². The quantitative estimate of drug-likeness (QED) is 0.434. The highest BCUT2D eigenvalue weighted by atomic mass is 79.9. The molecule has 2 aliphatic rings. The summed E-state index contributed by atoms with van der Waals surface area (Å²) in [4.78, 5) is 13.5. The predicted octanol–water partition coefficient (Wildman–Crippen LogP) is 6.63. The summed E-state index contributed by atoms with van der Waals surface area (Å²) in [5, 5.41) is 16.3. The van der Waals surface area contributed by atoms with E-state index in [9.17, 15) is 9.90 Å². The van der Waals surface area contributed by atoms with E-state index in [0.717, 1.165) is 23.4 Å². The first-order valence-corrected chi connectivity index (χ1v) is 11.2. The molecule has 0 bridgehead atoms. The first-order valence-electron chi connectivity index (χ1n) is 10.4. The molecule has 1 fully saturated rings. The van der Waals surface area contributed by atoms with Gasteiger partial charge in [-0.25, -0.2) is 0 Å². The molecule has 0 amide bonds. The van der Waals surface area contributed by atoms with Crippen LogP contribution in [0.1, 0.15) is 43.7 Å². The van der Waals surface area contributed by atoms with Crippen molar-refractivity contribution in [3.8, 4) is 11.5 Å². The van der Waals surface area contributed by atoms with Crippen LogP contribution >= 0.6 is 15.9 Å². The number of carbonyl (C=O) groups is 1. The standard InChI is InChI=1S/C26H24BrNO3/c1-26(2)12-17-23-15-7-5-4-6-14(15)8-9-19(23)28-25(24(17)21(30)13-26)16-10-20(29)18(27)11-22(16)31-3/h4-11,17,28-29H,12-13H2,1-3H3/t17-/m1/s1. The summed E-state index contributed by atoms with van der Waals surface area (Å²) in [6.07, 6.45) is 1.38. The Hall–Kier alpha value is -2.79. The lowest BCUT2D eigenvalue weighted by atomic mass is 9.64. The molecule has 2 N–H and O–H groups in total. The molecule has 0 radical (unpaired) electrons. The largest absolute Gasteiger partial charge is 0.507 e. The van der Waals surface area contributed by atoms with E-state index in [1.807, 2.05) is 12.1 Å². The van der Waals surface area contributed by atoms with Crippen molar-refractivity contribution in [2.75, 3.05) is 12.4 Å². The van der Waals surface area contributed by atoms with Crippen LogP contribution in [0.4, 0.5) is 5.69 Å². The highest BCUT2D eigenvalue weighted by molar-refractivity contribution is 9.10. The summed E-state index contributed by atoms with van der Waals surface area (Å²) in [5.74, 6) is 0.825. The van der Waals surface area contributed by atoms with Crippen molar-refractivity contribution in [2.24, 2.45) is 5.41 Å². The topological polar surface area (TPSA) is 58.6 Å². The van der Waals surface area contributed by atoms with Gasteiger partial charge in [-0.1, -0.05) is 44.2 Å². The van der Waals surface area contributed by atoms with Crippen LogP contribution in [0.25, 0.3) is 16.5 Å². The molecule has 0 saturated heterocycles. The Kier molecular flexibility index (Phi) is 4.63. The third-order valence-corrected chi connectivity index (χ3v) is 7.07. The third-order valence-electron chi connectivity index (χ3n) is 6.43. The number of allylic oxidation sites excluding steroid dienone is 1. The van der Waals surface area contributed by atoms with Gasteiger partial charge in [-0.3, -0.25) is 4.79 Å². The number of Topliss-reactive ketones (excluding diaryl/α,β-unsaturated/α-hetero) is 1. The zero-order chi connectivity index (χ0) is 21.9. The Bertz CT molecular complexity index is 1280. The number of aromatic hydroxyl groups is 1. The van der Waals surface area contributed by atoms with Gasteiger partial charge in [0.1, 0.15) is 11.5 Å². The number of hydrogen-bond donors (Lipinski definition) is 2. The maximum atomic E-state index is 13.5. The summed E-state index contributed by atoms with van der Waals surface area (Å²) < 4.78 is 6.17. The van der Waals surface area contributed by atoms with E-state index in [0.29, 0.717) is 22.2 Å². The van der Waals surface area contributed by atoms with Crippen molar-refractivity contribution < 1.29 is 14.6 Å². The number of phenols is 1. The van der Waals surface area contributed by atoms with E-state index >= 15 is 0 Å². The second-order valence-electron chi connectivity index (χ2n) is 9.19. The molecule has 1 saturated carbocycles. The third kappa shape index (κ3) is 3.23. The lowest BCUT2D eigenvalue weighted by Gasteiger charge is -2.41. The molecule has 3 aromatic carbocycles. The molecule has 1 heterocycles. The summed E-state index contributed by atoms with van der Waals surface area (Å²) in [5.41, 5.74) is 4.29. The molecule has 0 spiro atoms. The number of carbonyl (C=O) groups excluding carboxylic acids is 1. The molecule has 31 heavy (non-hydrogen) atoms. The van der Waals surface area contributed by atoms with Crippen LogP contribution in [-0.4, -0.2) is 18.0 Å². The van der Waals surface area contributed by atoms with Crippen LogP contribution in [0.2, 0.25) is 0 Å². The van der Waals surface area contributed by atoms with E-state index in [1.54, 1.807) is 19.2 Å². The molecule has 158 valence electrons. The van der Waals surface area contributed by atoms with Crippen LogP contribution in [-0.2, 0) is 4.79 Å². The van der Waals surface area contributed by atoms with Crippen molar-refractivity contribution in [3.05, 3.63) is 69.7 Å². The smallest absolute Gasteiger partial charge is 0.162 e. The minimum absolute atomic E-state index is 0.0240. The Morgan fingerprint density at radius 1 is 1.16 bits per heavy atom. The van der Waals surface area contributed by atoms with Crippen LogP contribution in [0.5, 0.6) is 11.5 Å². The number of fused-ring (bicyclic) bond motifs is 5. The van der Waals surface area contributed by atoms with E-state index in [4.69, 9.17) is 4.74 Å². The zero-order valence-electron chi connectivity index (χ0n) is 17.8. The number of rotatable bonds is 2. The van der Waals surface area contributed by atoms with E-state index < -0.39 is 0 Å². The Morgan fingerprint density at radius 2 is 1.94 bits per heavy atom. The lowest BCUT2D eigenvalue weighted by molar-refractivity contribution is -0.119. The van der Waals surface area contributed by atoms with Gasteiger partial charge in [-0.15, -0.1) is 0 Å². The number of phenolic OH excluding ortho intramolecular Hbond substituents is 1. The fraction of sp³-hybridized carbons (Fsp3) is 0.269. The zero-order valence-corrected chi connectivity index (χ0v) is 19.3. The number of methoxy groups -OCH3 is 1. The van der Waals surface area contributed by atoms with Gasteiger partial charge in [0.25, 0.3) is 0 Å². The SMILES string of the molecule is COc1cc(Br)c(O)cc1C1=C2C(=O)CC(C)(C)C[C@@H]2c2c(ccc3ccccc23)N1. The number of hydrogen-bond acceptors (Lipinski definition) is 4. The molecular formula is C26H24BrNO3. The lowest BCUT2D eigenvalue weighted by Crippen LogP contribution is -2.34. The molecule has 0 aromatic heterocycles. The number of halogens is 1. The maximum Gasteiger partial charge on any atom is 0.162 e. The van der Waals surface area contributed by atoms with Gasteiger partial charge in [-0.05, 0) is 62.3 Å².